The van der Waals surface area contributed by atoms with Gasteiger partial charge in [-0.25, -0.2) is 0 Å². The molecule has 1 atom stereocenters. The normalized spacial score (nSPS) is 28.3. The summed E-state index contributed by atoms with van der Waals surface area (Å²) in [7, 11) is 0. The summed E-state index contributed by atoms with van der Waals surface area (Å²) in [6.45, 7) is 3.69. The first kappa shape index (κ1) is 4.63. The van der Waals surface area contributed by atoms with Crippen molar-refractivity contribution in [3.05, 3.63) is 24.8 Å². The molecule has 0 radical (unpaired) electrons. The van der Waals surface area contributed by atoms with Crippen molar-refractivity contribution in [3.8, 4) is 0 Å². The van der Waals surface area contributed by atoms with Gasteiger partial charge in [0.1, 0.15) is 0 Å². The van der Waals surface area contributed by atoms with Gasteiger partial charge in [0.05, 0.1) is 0 Å². The highest BCUT2D eigenvalue weighted by Gasteiger charge is 2.01. The predicted octanol–water partition coefficient (Wildman–Crippen LogP) is 2.14. The Bertz CT molecular complexity index is 90.2. The fraction of sp³-hybridized carbons (Fsp3) is 0.429. The lowest BCUT2D eigenvalue weighted by molar-refractivity contribution is 0.774. The van der Waals surface area contributed by atoms with Crippen molar-refractivity contribution >= 4 is 0 Å². The molecule has 0 aromatic rings. The van der Waals surface area contributed by atoms with E-state index in [2.05, 4.69) is 18.7 Å². The Hall–Kier alpha value is -0.520. The van der Waals surface area contributed by atoms with Gasteiger partial charge >= 0.3 is 0 Å². The molecule has 0 heteroatoms. The zero-order chi connectivity index (χ0) is 5.11. The summed E-state index contributed by atoms with van der Waals surface area (Å²) < 4.78 is 0. The molecule has 0 spiro atoms. The van der Waals surface area contributed by atoms with Crippen molar-refractivity contribution in [2.75, 3.05) is 0 Å². The number of hydrogen-bond acceptors (Lipinski definition) is 0. The topological polar surface area (TPSA) is 0 Å². The Kier molecular flexibility index (Phi) is 1.30. The van der Waals surface area contributed by atoms with Crippen LogP contribution in [0.25, 0.3) is 0 Å². The lowest BCUT2D eigenvalue weighted by atomic mass is 10.1. The highest BCUT2D eigenvalue weighted by Crippen LogP contribution is 2.16. The second kappa shape index (κ2) is 1.97. The molecule has 0 aliphatic heterocycles. The van der Waals surface area contributed by atoms with Crippen LogP contribution in [0.4, 0.5) is 0 Å². The monoisotopic (exact) mass is 94.1 g/mol. The molecule has 0 bridgehead atoms. The van der Waals surface area contributed by atoms with E-state index in [1.54, 1.807) is 0 Å². The third-order valence-corrected chi connectivity index (χ3v) is 1.35. The molecule has 0 fully saturated rings. The number of allylic oxidation sites excluding steroid dienone is 3. The molecule has 0 aromatic heterocycles. The summed E-state index contributed by atoms with van der Waals surface area (Å²) in [4.78, 5) is 0. The van der Waals surface area contributed by atoms with E-state index in [-0.39, 0.29) is 0 Å². The van der Waals surface area contributed by atoms with Gasteiger partial charge in [-0.1, -0.05) is 18.2 Å². The molecule has 0 aromatic carbocycles. The zero-order valence-corrected chi connectivity index (χ0v) is 4.43. The summed E-state index contributed by atoms with van der Waals surface area (Å²) in [5.74, 6) is 0.681. The van der Waals surface area contributed by atoms with Crippen molar-refractivity contribution in [1.29, 1.82) is 0 Å². The fourth-order valence-electron chi connectivity index (χ4n) is 0.852. The van der Waals surface area contributed by atoms with Crippen LogP contribution in [0, 0.1) is 5.92 Å². The molecule has 0 saturated heterocycles. The van der Waals surface area contributed by atoms with Gasteiger partial charge in [-0.15, -0.1) is 6.58 Å². The largest absolute Gasteiger partial charge is 0.102 e. The van der Waals surface area contributed by atoms with Crippen LogP contribution in [-0.2, 0) is 0 Å². The molecule has 1 aliphatic carbocycles. The van der Waals surface area contributed by atoms with E-state index in [0.717, 1.165) is 0 Å². The van der Waals surface area contributed by atoms with Crippen LogP contribution in [0.3, 0.4) is 0 Å². The SMILES string of the molecule is C=C[C@H]1C=CCC1. The third-order valence-electron chi connectivity index (χ3n) is 1.35. The molecule has 0 N–H and O–H groups in total. The molecule has 0 saturated carbocycles. The van der Waals surface area contributed by atoms with E-state index in [9.17, 15) is 0 Å². The van der Waals surface area contributed by atoms with Crippen LogP contribution < -0.4 is 0 Å². The summed E-state index contributed by atoms with van der Waals surface area (Å²) in [6, 6.07) is 0. The maximum Gasteiger partial charge on any atom is -0.00532 e. The van der Waals surface area contributed by atoms with Gasteiger partial charge in [0.2, 0.25) is 0 Å². The fourth-order valence-corrected chi connectivity index (χ4v) is 0.852. The van der Waals surface area contributed by atoms with E-state index in [1.165, 1.54) is 12.8 Å². The minimum atomic E-state index is 0.681. The lowest BCUT2D eigenvalue weighted by Crippen LogP contribution is -1.80. The van der Waals surface area contributed by atoms with Crippen LogP contribution in [-0.4, -0.2) is 0 Å². The Morgan fingerprint density at radius 2 is 2.57 bits per heavy atom. The Morgan fingerprint density at radius 3 is 2.86 bits per heavy atom. The second-order valence-electron chi connectivity index (χ2n) is 1.91. The van der Waals surface area contributed by atoms with Crippen LogP contribution >= 0.6 is 0 Å². The van der Waals surface area contributed by atoms with Crippen LogP contribution in [0.15, 0.2) is 24.8 Å². The second-order valence-corrected chi connectivity index (χ2v) is 1.91. The van der Waals surface area contributed by atoms with Gasteiger partial charge in [0.15, 0.2) is 0 Å². The molecule has 1 rings (SSSR count). The molecular formula is C7H10. The van der Waals surface area contributed by atoms with E-state index in [1.807, 2.05) is 6.08 Å². The van der Waals surface area contributed by atoms with E-state index < -0.39 is 0 Å². The van der Waals surface area contributed by atoms with Crippen molar-refractivity contribution in [2.24, 2.45) is 5.92 Å². The quantitative estimate of drug-likeness (QED) is 0.437. The van der Waals surface area contributed by atoms with Gasteiger partial charge in [0, 0.05) is 0 Å². The summed E-state index contributed by atoms with van der Waals surface area (Å²) in [6.07, 6.45) is 8.96. The van der Waals surface area contributed by atoms with E-state index >= 15 is 0 Å². The molecule has 0 unspecified atom stereocenters. The van der Waals surface area contributed by atoms with Crippen molar-refractivity contribution < 1.29 is 0 Å². The smallest absolute Gasteiger partial charge is 0.00532 e. The zero-order valence-electron chi connectivity index (χ0n) is 4.43. The van der Waals surface area contributed by atoms with Crippen LogP contribution in [0.2, 0.25) is 0 Å². The molecule has 0 heterocycles. The van der Waals surface area contributed by atoms with Gasteiger partial charge in [-0.2, -0.15) is 0 Å². The first-order valence-electron chi connectivity index (χ1n) is 2.72. The first-order valence-corrected chi connectivity index (χ1v) is 2.72. The van der Waals surface area contributed by atoms with Crippen molar-refractivity contribution in [2.45, 2.75) is 12.8 Å². The molecule has 0 nitrogen and oxygen atoms in total. The average Bonchev–Trinajstić information content (AvgIpc) is 2.14. The molecule has 1 aliphatic rings. The Labute approximate surface area is 44.5 Å². The van der Waals surface area contributed by atoms with E-state index in [4.69, 9.17) is 0 Å². The maximum absolute atomic E-state index is 3.69. The van der Waals surface area contributed by atoms with Gasteiger partial charge in [0.25, 0.3) is 0 Å². The van der Waals surface area contributed by atoms with Gasteiger partial charge < -0.3 is 0 Å². The molecule has 0 amide bonds. The minimum Gasteiger partial charge on any atom is -0.102 e. The average molecular weight is 94.2 g/mol. The predicted molar refractivity (Wildman–Crippen MR) is 32.1 cm³/mol. The van der Waals surface area contributed by atoms with E-state index in [0.29, 0.717) is 5.92 Å². The minimum absolute atomic E-state index is 0.681. The van der Waals surface area contributed by atoms with Crippen molar-refractivity contribution in [1.82, 2.24) is 0 Å². The summed E-state index contributed by atoms with van der Waals surface area (Å²) >= 11 is 0. The molecule has 7 heavy (non-hydrogen) atoms. The maximum atomic E-state index is 3.69. The highest BCUT2D eigenvalue weighted by atomic mass is 14.1. The number of hydrogen-bond donors (Lipinski definition) is 0. The standard InChI is InChI=1S/C7H10/c1-2-7-5-3-4-6-7/h2-3,5,7H,1,4,6H2/t7-/m0/s1. The third kappa shape index (κ3) is 0.923. The van der Waals surface area contributed by atoms with Crippen LogP contribution in [0.5, 0.6) is 0 Å². The molecular weight excluding hydrogens is 84.1 g/mol. The molecule has 38 valence electrons. The van der Waals surface area contributed by atoms with Gasteiger partial charge in [-0.3, -0.25) is 0 Å². The van der Waals surface area contributed by atoms with Crippen LogP contribution in [0.1, 0.15) is 12.8 Å². The van der Waals surface area contributed by atoms with Gasteiger partial charge in [-0.05, 0) is 18.8 Å². The lowest BCUT2D eigenvalue weighted by Gasteiger charge is -1.92. The summed E-state index contributed by atoms with van der Waals surface area (Å²) in [5.41, 5.74) is 0. The first-order chi connectivity index (χ1) is 3.43. The Balaban J connectivity index is 2.42. The summed E-state index contributed by atoms with van der Waals surface area (Å²) in [5, 5.41) is 0. The highest BCUT2D eigenvalue weighted by molar-refractivity contribution is 5.03. The van der Waals surface area contributed by atoms with Crippen molar-refractivity contribution in [3.63, 3.8) is 0 Å². The Morgan fingerprint density at radius 1 is 1.71 bits per heavy atom. The number of rotatable bonds is 1.